The first kappa shape index (κ1) is 38.9. The highest BCUT2D eigenvalue weighted by atomic mass is 32.2. The number of carbonyl (C=O) groups is 4. The first-order valence-electron chi connectivity index (χ1n) is 20.2. The number of sulfonamides is 1. The summed E-state index contributed by atoms with van der Waals surface area (Å²) in [5.74, 6) is -4.24. The van der Waals surface area contributed by atoms with Crippen LogP contribution in [0.15, 0.2) is 60.8 Å². The molecule has 0 spiro atoms. The second-order valence-electron chi connectivity index (χ2n) is 16.2. The van der Waals surface area contributed by atoms with E-state index in [1.165, 1.54) is 12.3 Å². The van der Waals surface area contributed by atoms with Gasteiger partial charge in [0.25, 0.3) is 5.91 Å². The third-order valence-corrected chi connectivity index (χ3v) is 13.9. The summed E-state index contributed by atoms with van der Waals surface area (Å²) < 4.78 is 54.6. The van der Waals surface area contributed by atoms with Crippen molar-refractivity contribution in [1.82, 2.24) is 25.3 Å². The van der Waals surface area contributed by atoms with Gasteiger partial charge in [-0.2, -0.15) is 0 Å². The molecule has 57 heavy (non-hydrogen) atoms. The first-order valence-corrected chi connectivity index (χ1v) is 21.8. The molecule has 3 N–H and O–H groups in total. The van der Waals surface area contributed by atoms with Gasteiger partial charge in [-0.25, -0.2) is 27.6 Å². The van der Waals surface area contributed by atoms with E-state index in [9.17, 15) is 32.0 Å². The molecule has 6 atom stereocenters. The molecule has 1 aromatic heterocycles. The van der Waals surface area contributed by atoms with Gasteiger partial charge < -0.3 is 20.1 Å². The standard InChI is InChI=1S/C42H48FN5O8S/c43-33-14-9-8-13-30(33)25-16-19-34-36(20-25)45-37(24-44-34)55-28-21-31-32(22-28)39(50)47-42(40(51)48-57(53,54)29-17-18-29)23-26(42)10-4-2-1-3-5-15-35(38(31)49)46-41(52)56-27-11-6-7-12-27/h4,8-10,13-14,16,19-20,24,26-29,31-32,35H,1-3,5-7,11-12,15,17-18,21-23H2,(H,46,52)(H,47,50)(H,48,51)/b10-4-/t26?,28-,31?,32+,35+,42+/m0/s1. The lowest BCUT2D eigenvalue weighted by atomic mass is 9.86. The molecule has 5 aliphatic rings. The van der Waals surface area contributed by atoms with E-state index in [0.717, 1.165) is 38.5 Å². The molecule has 2 unspecified atom stereocenters. The summed E-state index contributed by atoms with van der Waals surface area (Å²) in [4.78, 5) is 65.0. The quantitative estimate of drug-likeness (QED) is 0.235. The Kier molecular flexibility index (Phi) is 11.0. The fourth-order valence-electron chi connectivity index (χ4n) is 8.68. The Balaban J connectivity index is 1.07. The van der Waals surface area contributed by atoms with Crippen LogP contribution in [0.1, 0.15) is 89.9 Å². The maximum absolute atomic E-state index is 14.6. The summed E-state index contributed by atoms with van der Waals surface area (Å²) in [6.45, 7) is 0. The van der Waals surface area contributed by atoms with E-state index in [2.05, 4.69) is 25.3 Å². The molecule has 4 fully saturated rings. The maximum atomic E-state index is 14.6. The monoisotopic (exact) mass is 801 g/mol. The zero-order valence-corrected chi connectivity index (χ0v) is 32.5. The third-order valence-electron chi connectivity index (χ3n) is 12.1. The number of rotatable bonds is 8. The number of benzene rings is 2. The van der Waals surface area contributed by atoms with Crippen LogP contribution in [0.3, 0.4) is 0 Å². The lowest BCUT2D eigenvalue weighted by Gasteiger charge is -2.26. The highest BCUT2D eigenvalue weighted by molar-refractivity contribution is 7.91. The summed E-state index contributed by atoms with van der Waals surface area (Å²) in [5, 5.41) is 5.10. The summed E-state index contributed by atoms with van der Waals surface area (Å²) in [7, 11) is -3.90. The van der Waals surface area contributed by atoms with Crippen LogP contribution in [0.2, 0.25) is 0 Å². The number of halogens is 1. The average Bonchev–Trinajstić information content (AvgIpc) is 4.06. The van der Waals surface area contributed by atoms with Gasteiger partial charge in [-0.1, -0.05) is 49.3 Å². The molecule has 8 rings (SSSR count). The number of nitrogens with zero attached hydrogens (tertiary/aromatic N) is 2. The fraction of sp³-hybridized carbons (Fsp3) is 0.524. The van der Waals surface area contributed by atoms with Crippen LogP contribution >= 0.6 is 0 Å². The van der Waals surface area contributed by atoms with E-state index in [-0.39, 0.29) is 42.8 Å². The predicted octanol–water partition coefficient (Wildman–Crippen LogP) is 5.82. The lowest BCUT2D eigenvalue weighted by molar-refractivity contribution is -0.136. The SMILES string of the molecule is O=C(N[C@@H]1CCCCC/C=C\C2C[C@@]2(C(=O)NS(=O)(=O)C2CC2)NC(=O)[C@@H]2C[C@@H](Oc3cnc4ccc(-c5ccccc5F)cc4n3)CC2C1=O)OC1CCCC1. The predicted molar refractivity (Wildman–Crippen MR) is 208 cm³/mol. The van der Waals surface area contributed by atoms with Crippen molar-refractivity contribution >= 4 is 44.7 Å². The number of nitrogens with one attached hydrogen (secondary N) is 3. The Labute approximate surface area is 331 Å². The Bertz CT molecular complexity index is 2190. The van der Waals surface area contributed by atoms with Crippen molar-refractivity contribution in [1.29, 1.82) is 0 Å². The van der Waals surface area contributed by atoms with Gasteiger partial charge in [0.1, 0.15) is 23.6 Å². The van der Waals surface area contributed by atoms with E-state index >= 15 is 0 Å². The van der Waals surface area contributed by atoms with Gasteiger partial charge in [0, 0.05) is 17.4 Å². The first-order chi connectivity index (χ1) is 27.5. The second kappa shape index (κ2) is 16.1. The topological polar surface area (TPSA) is 183 Å². The number of fused-ring (bicyclic) bond motifs is 3. The number of Topliss-reactive ketones (excluding diaryl/α,β-unsaturated/α-hetero) is 1. The molecule has 2 heterocycles. The van der Waals surface area contributed by atoms with Gasteiger partial charge in [-0.05, 0) is 101 Å². The van der Waals surface area contributed by atoms with Crippen molar-refractivity contribution < 1.29 is 41.5 Å². The molecule has 13 nitrogen and oxygen atoms in total. The maximum Gasteiger partial charge on any atom is 0.407 e. The molecule has 1 aliphatic heterocycles. The number of allylic oxidation sites excluding steroid dienone is 1. The number of hydrogen-bond donors (Lipinski definition) is 3. The van der Waals surface area contributed by atoms with Crippen LogP contribution in [-0.4, -0.2) is 71.1 Å². The molecule has 4 saturated carbocycles. The normalized spacial score (nSPS) is 28.9. The highest BCUT2D eigenvalue weighted by Crippen LogP contribution is 2.47. The molecule has 3 amide bonds. The van der Waals surface area contributed by atoms with E-state index in [0.29, 0.717) is 54.3 Å². The lowest BCUT2D eigenvalue weighted by Crippen LogP contribution is -2.54. The van der Waals surface area contributed by atoms with Crippen LogP contribution in [0.25, 0.3) is 22.2 Å². The molecule has 4 aliphatic carbocycles. The van der Waals surface area contributed by atoms with Gasteiger partial charge >= 0.3 is 6.09 Å². The van der Waals surface area contributed by atoms with E-state index in [4.69, 9.17) is 9.47 Å². The van der Waals surface area contributed by atoms with E-state index in [1.54, 1.807) is 36.4 Å². The van der Waals surface area contributed by atoms with Gasteiger partial charge in [0.2, 0.25) is 21.8 Å². The van der Waals surface area contributed by atoms with Crippen molar-refractivity contribution in [2.24, 2.45) is 17.8 Å². The molecular formula is C42H48FN5O8S. The van der Waals surface area contributed by atoms with Gasteiger partial charge in [0.05, 0.1) is 34.4 Å². The van der Waals surface area contributed by atoms with Crippen molar-refractivity contribution in [3.63, 3.8) is 0 Å². The minimum absolute atomic E-state index is 0.0784. The summed E-state index contributed by atoms with van der Waals surface area (Å²) in [6.07, 6.45) is 11.8. The number of aromatic nitrogens is 2. The van der Waals surface area contributed by atoms with Crippen molar-refractivity contribution in [2.75, 3.05) is 0 Å². The molecule has 3 aromatic rings. The Morgan fingerprint density at radius 3 is 2.46 bits per heavy atom. The van der Waals surface area contributed by atoms with Gasteiger partial charge in [0.15, 0.2) is 5.78 Å². The number of alkyl carbamates (subject to hydrolysis) is 1. The smallest absolute Gasteiger partial charge is 0.407 e. The molecule has 302 valence electrons. The summed E-state index contributed by atoms with van der Waals surface area (Å²) in [6, 6.07) is 10.7. The zero-order chi connectivity index (χ0) is 39.7. The van der Waals surface area contributed by atoms with Crippen LogP contribution in [0.4, 0.5) is 9.18 Å². The largest absolute Gasteiger partial charge is 0.473 e. The van der Waals surface area contributed by atoms with Crippen molar-refractivity contribution in [3.8, 4) is 17.0 Å². The Hall–Kier alpha value is -4.92. The number of carbonyl (C=O) groups excluding carboxylic acids is 4. The van der Waals surface area contributed by atoms with Crippen LogP contribution in [0, 0.1) is 23.6 Å². The van der Waals surface area contributed by atoms with E-state index < -0.39 is 68.6 Å². The molecule has 0 bridgehead atoms. The molecule has 0 saturated heterocycles. The summed E-state index contributed by atoms with van der Waals surface area (Å²) in [5.41, 5.74) is 0.540. The minimum Gasteiger partial charge on any atom is -0.473 e. The van der Waals surface area contributed by atoms with Crippen molar-refractivity contribution in [3.05, 3.63) is 66.6 Å². The molecular weight excluding hydrogens is 754 g/mol. The number of ketones is 1. The number of ether oxygens (including phenoxy) is 2. The van der Waals surface area contributed by atoms with Crippen LogP contribution in [0.5, 0.6) is 5.88 Å². The molecule has 2 aromatic carbocycles. The zero-order valence-electron chi connectivity index (χ0n) is 31.7. The third kappa shape index (κ3) is 8.68. The van der Waals surface area contributed by atoms with E-state index in [1.807, 2.05) is 12.2 Å². The minimum atomic E-state index is -3.90. The number of amides is 3. The van der Waals surface area contributed by atoms with Crippen molar-refractivity contribution in [2.45, 2.75) is 119 Å². The fourth-order valence-corrected chi connectivity index (χ4v) is 10.0. The summed E-state index contributed by atoms with van der Waals surface area (Å²) >= 11 is 0. The number of hydrogen-bond acceptors (Lipinski definition) is 10. The highest BCUT2D eigenvalue weighted by Gasteiger charge is 2.62. The van der Waals surface area contributed by atoms with Gasteiger partial charge in [-0.3, -0.25) is 19.1 Å². The Morgan fingerprint density at radius 2 is 1.67 bits per heavy atom. The van der Waals surface area contributed by atoms with Gasteiger partial charge in [-0.15, -0.1) is 0 Å². The molecule has 0 radical (unpaired) electrons. The second-order valence-corrected chi connectivity index (χ2v) is 18.2. The Morgan fingerprint density at radius 1 is 0.895 bits per heavy atom. The van der Waals surface area contributed by atoms with Crippen LogP contribution in [-0.2, 0) is 29.1 Å². The average molecular weight is 802 g/mol. The van der Waals surface area contributed by atoms with Crippen LogP contribution < -0.4 is 20.1 Å². The molecule has 15 heteroatoms.